The van der Waals surface area contributed by atoms with Crippen molar-refractivity contribution in [3.8, 4) is 11.8 Å². The Balaban J connectivity index is 1.68. The second-order valence-electron chi connectivity index (χ2n) is 7.13. The van der Waals surface area contributed by atoms with Crippen molar-refractivity contribution >= 4 is 22.9 Å². The molecule has 4 rings (SSSR count). The molecule has 7 nitrogen and oxygen atoms in total. The highest BCUT2D eigenvalue weighted by molar-refractivity contribution is 6.00. The van der Waals surface area contributed by atoms with Crippen molar-refractivity contribution in [1.82, 2.24) is 15.2 Å². The average molecular weight is 419 g/mol. The topological polar surface area (TPSA) is 100 Å². The highest BCUT2D eigenvalue weighted by Gasteiger charge is 2.20. The van der Waals surface area contributed by atoms with E-state index in [9.17, 15) is 14.9 Å². The summed E-state index contributed by atoms with van der Waals surface area (Å²) in [6, 6.07) is 24.2. The first-order chi connectivity index (χ1) is 15.5. The van der Waals surface area contributed by atoms with Gasteiger partial charge in [-0.3, -0.25) is 9.59 Å². The third kappa shape index (κ3) is 3.83. The SMILES string of the molecule is Cc1ccc(-n2nc(C(=O)N/N=C/c3cc#cc4ccccc34)c(C)c(C#N)c2=O)cc1. The lowest BCUT2D eigenvalue weighted by atomic mass is 10.1. The zero-order valence-corrected chi connectivity index (χ0v) is 17.4. The molecule has 0 radical (unpaired) electrons. The van der Waals surface area contributed by atoms with Gasteiger partial charge in [0.15, 0.2) is 5.69 Å². The first kappa shape index (κ1) is 20.5. The molecule has 0 spiro atoms. The number of amides is 1. The second kappa shape index (κ2) is 8.55. The Morgan fingerprint density at radius 3 is 2.69 bits per heavy atom. The van der Waals surface area contributed by atoms with Crippen LogP contribution in [0.2, 0.25) is 0 Å². The van der Waals surface area contributed by atoms with Gasteiger partial charge in [-0.1, -0.05) is 48.0 Å². The van der Waals surface area contributed by atoms with Gasteiger partial charge in [0.1, 0.15) is 11.6 Å². The first-order valence-corrected chi connectivity index (χ1v) is 9.75. The minimum absolute atomic E-state index is 0.0586. The summed E-state index contributed by atoms with van der Waals surface area (Å²) >= 11 is 0. The minimum Gasteiger partial charge on any atom is -0.266 e. The minimum atomic E-state index is -0.633. The molecule has 154 valence electrons. The standard InChI is InChI=1S/C25H17N5O2/c1-16-10-12-20(13-11-16)30-25(32)22(14-26)17(2)23(29-30)24(31)28-27-15-19-8-5-7-18-6-3-4-9-21(18)19/h3-4,6,8-13,15H,1-2H3,(H,28,31)/b27-15+. The van der Waals surface area contributed by atoms with Crippen LogP contribution >= 0.6 is 0 Å². The van der Waals surface area contributed by atoms with Crippen LogP contribution in [0.15, 0.2) is 64.5 Å². The predicted molar refractivity (Wildman–Crippen MR) is 121 cm³/mol. The van der Waals surface area contributed by atoms with Gasteiger partial charge in [-0.2, -0.15) is 20.1 Å². The van der Waals surface area contributed by atoms with E-state index in [-0.39, 0.29) is 16.8 Å². The highest BCUT2D eigenvalue weighted by Crippen LogP contribution is 2.14. The third-order valence-electron chi connectivity index (χ3n) is 4.98. The van der Waals surface area contributed by atoms with Gasteiger partial charge in [-0.25, -0.2) is 5.43 Å². The summed E-state index contributed by atoms with van der Waals surface area (Å²) < 4.78 is 1.05. The fraction of sp³-hybridized carbons (Fsp3) is 0.0800. The van der Waals surface area contributed by atoms with E-state index in [1.807, 2.05) is 49.4 Å². The molecular formula is C25H17N5O2. The summed E-state index contributed by atoms with van der Waals surface area (Å²) in [5.74, 6) is -0.633. The number of carbonyl (C=O) groups is 1. The van der Waals surface area contributed by atoms with Crippen molar-refractivity contribution < 1.29 is 4.79 Å². The number of hydrazone groups is 1. The van der Waals surface area contributed by atoms with E-state index in [0.29, 0.717) is 5.69 Å². The Hall–Kier alpha value is -4.75. The zero-order valence-electron chi connectivity index (χ0n) is 17.4. The van der Waals surface area contributed by atoms with E-state index in [2.05, 4.69) is 27.8 Å². The van der Waals surface area contributed by atoms with Gasteiger partial charge < -0.3 is 0 Å². The molecule has 0 bridgehead atoms. The summed E-state index contributed by atoms with van der Waals surface area (Å²) in [7, 11) is 0. The predicted octanol–water partition coefficient (Wildman–Crippen LogP) is 3.24. The molecule has 1 heterocycles. The lowest BCUT2D eigenvalue weighted by Crippen LogP contribution is -2.31. The number of nitrogens with zero attached hydrogens (tertiary/aromatic N) is 4. The largest absolute Gasteiger partial charge is 0.292 e. The molecule has 0 aliphatic heterocycles. The molecule has 4 aromatic rings. The van der Waals surface area contributed by atoms with Crippen molar-refractivity contribution in [2.24, 2.45) is 5.10 Å². The van der Waals surface area contributed by atoms with Crippen LogP contribution in [0.4, 0.5) is 0 Å². The number of carbonyl (C=O) groups excluding carboxylic acids is 1. The number of hydrogen-bond donors (Lipinski definition) is 1. The van der Waals surface area contributed by atoms with Crippen LogP contribution < -0.4 is 11.0 Å². The number of aryl methyl sites for hydroxylation is 1. The molecule has 1 amide bonds. The number of hydrogen-bond acceptors (Lipinski definition) is 5. The molecule has 0 aliphatic carbocycles. The Labute approximate surface area is 184 Å². The lowest BCUT2D eigenvalue weighted by Gasteiger charge is -2.10. The summed E-state index contributed by atoms with van der Waals surface area (Å²) in [6.07, 6.45) is 1.50. The third-order valence-corrected chi connectivity index (χ3v) is 4.98. The van der Waals surface area contributed by atoms with Crippen molar-refractivity contribution in [3.63, 3.8) is 0 Å². The molecule has 32 heavy (non-hydrogen) atoms. The maximum atomic E-state index is 12.8. The molecule has 0 saturated carbocycles. The first-order valence-electron chi connectivity index (χ1n) is 9.75. The van der Waals surface area contributed by atoms with E-state index >= 15 is 0 Å². The van der Waals surface area contributed by atoms with E-state index in [1.165, 1.54) is 13.1 Å². The van der Waals surface area contributed by atoms with Gasteiger partial charge in [-0.05, 0) is 43.5 Å². The van der Waals surface area contributed by atoms with Gasteiger partial charge in [0.25, 0.3) is 11.5 Å². The summed E-state index contributed by atoms with van der Waals surface area (Å²) in [5, 5.41) is 19.5. The van der Waals surface area contributed by atoms with Crippen molar-refractivity contribution in [1.29, 1.82) is 5.26 Å². The number of nitriles is 1. The van der Waals surface area contributed by atoms with Gasteiger partial charge in [0, 0.05) is 16.5 Å². The molecule has 3 aromatic carbocycles. The molecule has 7 heteroatoms. The van der Waals surface area contributed by atoms with Gasteiger partial charge in [-0.15, -0.1) is 0 Å². The van der Waals surface area contributed by atoms with Gasteiger partial charge in [0.05, 0.1) is 11.9 Å². The van der Waals surface area contributed by atoms with Crippen LogP contribution in [0.3, 0.4) is 0 Å². The van der Waals surface area contributed by atoms with Crippen molar-refractivity contribution in [3.05, 3.63) is 105 Å². The molecule has 0 aliphatic rings. The van der Waals surface area contributed by atoms with E-state index in [0.717, 1.165) is 26.6 Å². The molecule has 1 N–H and O–H groups in total. The zero-order chi connectivity index (χ0) is 22.7. The maximum absolute atomic E-state index is 12.8. The van der Waals surface area contributed by atoms with E-state index < -0.39 is 11.5 Å². The van der Waals surface area contributed by atoms with Crippen LogP contribution in [-0.2, 0) is 0 Å². The number of fused-ring (bicyclic) bond motifs is 1. The summed E-state index contributed by atoms with van der Waals surface area (Å²) in [6.45, 7) is 3.43. The van der Waals surface area contributed by atoms with E-state index in [1.54, 1.807) is 18.2 Å². The molecule has 0 fully saturated rings. The monoisotopic (exact) mass is 419 g/mol. The molecular weight excluding hydrogens is 402 g/mol. The van der Waals surface area contributed by atoms with Crippen LogP contribution in [0.1, 0.15) is 32.7 Å². The van der Waals surface area contributed by atoms with Crippen LogP contribution in [0.25, 0.3) is 16.5 Å². The Bertz CT molecular complexity index is 1460. The van der Waals surface area contributed by atoms with Crippen LogP contribution in [0.5, 0.6) is 0 Å². The fourth-order valence-electron chi connectivity index (χ4n) is 3.25. The van der Waals surface area contributed by atoms with E-state index in [4.69, 9.17) is 0 Å². The van der Waals surface area contributed by atoms with Gasteiger partial charge in [0.2, 0.25) is 0 Å². The lowest BCUT2D eigenvalue weighted by molar-refractivity contribution is 0.0947. The second-order valence-corrected chi connectivity index (χ2v) is 7.13. The highest BCUT2D eigenvalue weighted by atomic mass is 16.2. The fourth-order valence-corrected chi connectivity index (χ4v) is 3.25. The molecule has 0 atom stereocenters. The van der Waals surface area contributed by atoms with Crippen LogP contribution in [-0.4, -0.2) is 21.9 Å². The van der Waals surface area contributed by atoms with Crippen molar-refractivity contribution in [2.45, 2.75) is 13.8 Å². The maximum Gasteiger partial charge on any atom is 0.292 e. The number of benzene rings is 2. The number of rotatable bonds is 4. The van der Waals surface area contributed by atoms with Crippen molar-refractivity contribution in [2.75, 3.05) is 0 Å². The van der Waals surface area contributed by atoms with Gasteiger partial charge >= 0.3 is 0 Å². The molecule has 0 unspecified atom stereocenters. The summed E-state index contributed by atoms with van der Waals surface area (Å²) in [5.41, 5.74) is 4.05. The molecule has 0 saturated heterocycles. The Morgan fingerprint density at radius 2 is 1.94 bits per heavy atom. The normalized spacial score (nSPS) is 10.7. The molecule has 1 aromatic heterocycles. The average Bonchev–Trinajstić information content (AvgIpc) is 2.80. The smallest absolute Gasteiger partial charge is 0.266 e. The summed E-state index contributed by atoms with van der Waals surface area (Å²) in [4.78, 5) is 25.5. The Kier molecular flexibility index (Phi) is 5.48. The van der Waals surface area contributed by atoms with Crippen LogP contribution in [0, 0.1) is 37.3 Å². The number of aromatic nitrogens is 2. The number of nitrogens with one attached hydrogen (secondary N) is 1. The quantitative estimate of drug-likeness (QED) is 0.405. The Morgan fingerprint density at radius 1 is 1.19 bits per heavy atom.